The average molecular weight is 741 g/mol. The van der Waals surface area contributed by atoms with Crippen LogP contribution in [0.3, 0.4) is 0 Å². The van der Waals surface area contributed by atoms with Crippen LogP contribution in [0.15, 0.2) is 0 Å². The topological polar surface area (TPSA) is 208 Å². The summed E-state index contributed by atoms with van der Waals surface area (Å²) in [4.78, 5) is 12.8. The molecular formula is C27H55N2O15P3. The van der Waals surface area contributed by atoms with E-state index in [9.17, 15) is 18.5 Å². The minimum Gasteiger partial charge on any atom is -0.373 e. The molecular weight excluding hydrogens is 685 g/mol. The highest BCUT2D eigenvalue weighted by molar-refractivity contribution is 7.67. The zero-order valence-corrected chi connectivity index (χ0v) is 31.7. The fourth-order valence-corrected chi connectivity index (χ4v) is 9.41. The van der Waals surface area contributed by atoms with Gasteiger partial charge in [0.05, 0.1) is 37.6 Å². The molecule has 47 heavy (non-hydrogen) atoms. The van der Waals surface area contributed by atoms with Crippen LogP contribution in [0.25, 0.3) is 0 Å². The van der Waals surface area contributed by atoms with Crippen molar-refractivity contribution in [1.82, 2.24) is 5.32 Å². The number of phosphoric ester groups is 2. The summed E-state index contributed by atoms with van der Waals surface area (Å²) in [5, 5.41) is 2.83. The first-order valence-corrected chi connectivity index (χ1v) is 19.9. The van der Waals surface area contributed by atoms with E-state index in [0.29, 0.717) is 18.9 Å². The lowest BCUT2D eigenvalue weighted by atomic mass is 9.97. The van der Waals surface area contributed by atoms with Crippen molar-refractivity contribution in [3.05, 3.63) is 0 Å². The summed E-state index contributed by atoms with van der Waals surface area (Å²) in [6.45, 7) is 9.62. The van der Waals surface area contributed by atoms with Crippen molar-refractivity contribution in [2.75, 3.05) is 54.8 Å². The fraction of sp³-hybridized carbons (Fsp3) is 0.963. The van der Waals surface area contributed by atoms with Crippen LogP contribution in [0.5, 0.6) is 0 Å². The van der Waals surface area contributed by atoms with Gasteiger partial charge in [0, 0.05) is 47.8 Å². The number of ether oxygens (including phenoxy) is 4. The summed E-state index contributed by atoms with van der Waals surface area (Å²) in [6.07, 6.45) is 2.66. The standard InChI is InChI=1S/C27H55N2O15P3/c1-26(2,3)38-16-17-39-27(4,5)25(30)29-15-14-24(28)42-22-18-21(20-12-10-11-13-20)41-23(22)19-40-46(32,36-8)44-47(33,37-9)43-45(31,34-6)35-7/h20-24H,10-19,28H2,1-9H3,(H,29,30)/t21-,22-,23?,24?,46?,47?/m1/s1. The van der Waals surface area contributed by atoms with Crippen molar-refractivity contribution in [2.45, 2.75) is 109 Å². The van der Waals surface area contributed by atoms with Crippen LogP contribution in [-0.2, 0) is 68.7 Å². The Morgan fingerprint density at radius 3 is 1.98 bits per heavy atom. The van der Waals surface area contributed by atoms with E-state index in [2.05, 4.69) is 14.4 Å². The van der Waals surface area contributed by atoms with Crippen LogP contribution in [0, 0.1) is 5.92 Å². The van der Waals surface area contributed by atoms with Crippen molar-refractivity contribution in [2.24, 2.45) is 11.7 Å². The van der Waals surface area contributed by atoms with Gasteiger partial charge >= 0.3 is 23.5 Å². The number of carbonyl (C=O) groups is 1. The van der Waals surface area contributed by atoms with E-state index in [1.807, 2.05) is 20.8 Å². The number of hydrogen-bond acceptors (Lipinski definition) is 16. The molecule has 1 aliphatic carbocycles. The van der Waals surface area contributed by atoms with Gasteiger partial charge in [0.2, 0.25) is 0 Å². The molecule has 3 N–H and O–H groups in total. The molecule has 1 saturated carbocycles. The van der Waals surface area contributed by atoms with Gasteiger partial charge in [-0.1, -0.05) is 12.8 Å². The van der Waals surface area contributed by atoms with Gasteiger partial charge in [0.15, 0.2) is 0 Å². The van der Waals surface area contributed by atoms with Crippen molar-refractivity contribution in [3.8, 4) is 0 Å². The molecule has 2 aliphatic rings. The molecule has 0 spiro atoms. The van der Waals surface area contributed by atoms with E-state index >= 15 is 0 Å². The van der Waals surface area contributed by atoms with Crippen molar-refractivity contribution in [3.63, 3.8) is 0 Å². The molecule has 0 aromatic heterocycles. The molecule has 2 rings (SSSR count). The molecule has 278 valence electrons. The van der Waals surface area contributed by atoms with Crippen LogP contribution in [0.4, 0.5) is 0 Å². The maximum atomic E-state index is 13.3. The molecule has 1 heterocycles. The van der Waals surface area contributed by atoms with Crippen molar-refractivity contribution >= 4 is 29.4 Å². The summed E-state index contributed by atoms with van der Waals surface area (Å²) >= 11 is 0. The Balaban J connectivity index is 1.99. The van der Waals surface area contributed by atoms with Crippen molar-refractivity contribution < 1.29 is 68.7 Å². The van der Waals surface area contributed by atoms with Crippen LogP contribution in [0.2, 0.25) is 0 Å². The van der Waals surface area contributed by atoms with Gasteiger partial charge < -0.3 is 30.0 Å². The largest absolute Gasteiger partial charge is 0.492 e. The molecule has 0 bridgehead atoms. The summed E-state index contributed by atoms with van der Waals surface area (Å²) in [5.41, 5.74) is 4.91. The van der Waals surface area contributed by atoms with Crippen LogP contribution in [-0.4, -0.2) is 96.5 Å². The van der Waals surface area contributed by atoms with Gasteiger partial charge in [0.1, 0.15) is 17.9 Å². The first-order chi connectivity index (χ1) is 21.8. The van der Waals surface area contributed by atoms with Gasteiger partial charge in [0.25, 0.3) is 5.91 Å². The molecule has 1 saturated heterocycles. The minimum absolute atomic E-state index is 0.159. The van der Waals surface area contributed by atoms with E-state index in [4.69, 9.17) is 46.9 Å². The quantitative estimate of drug-likeness (QED) is 0.0843. The number of phosphoric acid groups is 3. The highest BCUT2D eigenvalue weighted by atomic mass is 31.3. The molecule has 0 aromatic carbocycles. The van der Waals surface area contributed by atoms with Gasteiger partial charge in [-0.3, -0.25) is 27.4 Å². The van der Waals surface area contributed by atoms with Gasteiger partial charge in [-0.05, 0) is 53.4 Å². The Morgan fingerprint density at radius 1 is 0.872 bits per heavy atom. The Kier molecular flexibility index (Phi) is 17.1. The van der Waals surface area contributed by atoms with Crippen molar-refractivity contribution in [1.29, 1.82) is 0 Å². The van der Waals surface area contributed by atoms with Gasteiger partial charge in [-0.15, -0.1) is 0 Å². The van der Waals surface area contributed by atoms with Gasteiger partial charge in [-0.25, -0.2) is 13.7 Å². The lowest BCUT2D eigenvalue weighted by Crippen LogP contribution is -2.46. The summed E-state index contributed by atoms with van der Waals surface area (Å²) in [6, 6.07) is 0. The highest BCUT2D eigenvalue weighted by Gasteiger charge is 2.48. The zero-order chi connectivity index (χ0) is 35.5. The third-order valence-electron chi connectivity index (χ3n) is 7.54. The van der Waals surface area contributed by atoms with Crippen LogP contribution in [0.1, 0.15) is 73.1 Å². The normalized spacial score (nSPS) is 24.6. The summed E-state index contributed by atoms with van der Waals surface area (Å²) in [7, 11) is -10.00. The third kappa shape index (κ3) is 14.4. The first-order valence-electron chi connectivity index (χ1n) is 15.5. The number of hydrogen-bond donors (Lipinski definition) is 2. The zero-order valence-electron chi connectivity index (χ0n) is 29.0. The molecule has 6 atom stereocenters. The number of nitrogens with two attached hydrogens (primary N) is 1. The van der Waals surface area contributed by atoms with Crippen LogP contribution < -0.4 is 11.1 Å². The molecule has 1 aliphatic heterocycles. The summed E-state index contributed by atoms with van der Waals surface area (Å²) in [5.74, 6) is -0.000284. The number of rotatable bonds is 22. The Bertz CT molecular complexity index is 1110. The molecule has 20 heteroatoms. The van der Waals surface area contributed by atoms with E-state index in [0.717, 1.165) is 54.1 Å². The second-order valence-electron chi connectivity index (χ2n) is 12.6. The van der Waals surface area contributed by atoms with E-state index < -0.39 is 47.5 Å². The molecule has 1 amide bonds. The molecule has 0 radical (unpaired) electrons. The van der Waals surface area contributed by atoms with Gasteiger partial charge in [-0.2, -0.15) is 8.62 Å². The average Bonchev–Trinajstić information content (AvgIpc) is 3.68. The smallest absolute Gasteiger partial charge is 0.373 e. The minimum atomic E-state index is -4.84. The first kappa shape index (κ1) is 42.8. The second kappa shape index (κ2) is 18.8. The van der Waals surface area contributed by atoms with Crippen LogP contribution >= 0.6 is 23.5 Å². The predicted octanol–water partition coefficient (Wildman–Crippen LogP) is 5.08. The third-order valence-corrected chi connectivity index (χ3v) is 13.0. The summed E-state index contributed by atoms with van der Waals surface area (Å²) < 4.78 is 96.5. The van der Waals surface area contributed by atoms with E-state index in [1.54, 1.807) is 13.8 Å². The highest BCUT2D eigenvalue weighted by Crippen LogP contribution is 2.72. The van der Waals surface area contributed by atoms with E-state index in [1.165, 1.54) is 0 Å². The SMILES string of the molecule is COP(=O)(OC)OP(=O)(OC)OP(=O)(OC)OCC1O[C@@H](C2CCCC2)C[C@H]1OC(N)CCNC(=O)C(C)(C)OCCOC(C)(C)C. The fourth-order valence-electron chi connectivity index (χ4n) is 4.96. The second-order valence-corrected chi connectivity index (χ2v) is 18.3. The lowest BCUT2D eigenvalue weighted by Gasteiger charge is -2.27. The maximum absolute atomic E-state index is 13.3. The number of amides is 1. The Labute approximate surface area is 278 Å². The number of nitrogens with one attached hydrogen (secondary N) is 1. The monoisotopic (exact) mass is 740 g/mol. The predicted molar refractivity (Wildman–Crippen MR) is 170 cm³/mol. The lowest BCUT2D eigenvalue weighted by molar-refractivity contribution is -0.146. The van der Waals surface area contributed by atoms with E-state index in [-0.39, 0.29) is 43.8 Å². The molecule has 17 nitrogen and oxygen atoms in total. The Hall–Kier alpha value is -0.320. The molecule has 4 unspecified atom stereocenters. The molecule has 2 fully saturated rings. The Morgan fingerprint density at radius 2 is 1.43 bits per heavy atom. The molecule has 0 aromatic rings. The maximum Gasteiger partial charge on any atom is 0.492 e. The number of carbonyl (C=O) groups excluding carboxylic acids is 1.